The summed E-state index contributed by atoms with van der Waals surface area (Å²) < 4.78 is 69.3. The zero-order chi connectivity index (χ0) is 25.2. The number of halogens is 2. The number of carbonyl (C=O) groups is 3. The number of benzene rings is 1. The Balaban J connectivity index is 0.00000342. The molecular formula is C21H21F2NO8RfS2-2. The molecule has 1 aromatic carbocycles. The molecule has 14 heteroatoms. The van der Waals surface area contributed by atoms with E-state index in [-0.39, 0.29) is 5.56 Å². The van der Waals surface area contributed by atoms with Crippen LogP contribution in [-0.2, 0) is 29.2 Å². The van der Waals surface area contributed by atoms with E-state index in [9.17, 15) is 36.1 Å². The summed E-state index contributed by atoms with van der Waals surface area (Å²) in [5, 5.41) is -6.19. The Labute approximate surface area is 198 Å². The van der Waals surface area contributed by atoms with E-state index in [1.165, 1.54) is 11.8 Å². The van der Waals surface area contributed by atoms with Crippen molar-refractivity contribution < 1.29 is 45.6 Å². The molecule has 6 atom stereocenters. The second kappa shape index (κ2) is 8.45. The Morgan fingerprint density at radius 1 is 1.14 bits per heavy atom. The number of esters is 2. The molecule has 3 fully saturated rings. The fraction of sp³-hybridized carbons (Fsp3) is 0.524. The summed E-state index contributed by atoms with van der Waals surface area (Å²) in [4.78, 5) is 40.4. The first-order valence-electron chi connectivity index (χ1n) is 10.3. The van der Waals surface area contributed by atoms with Crippen LogP contribution in [0.2, 0.25) is 0 Å². The molecule has 188 valence electrons. The molecule has 35 heavy (non-hydrogen) atoms. The molecule has 0 saturated carbocycles. The number of nitrogens with zero attached hydrogens (tertiary/aromatic N) is 1. The fourth-order valence-corrected chi connectivity index (χ4v) is 7.08. The molecule has 0 N–H and O–H groups in total. The van der Waals surface area contributed by atoms with Crippen LogP contribution < -0.4 is 0 Å². The zero-order valence-electron chi connectivity index (χ0n) is 18.9. The van der Waals surface area contributed by atoms with Gasteiger partial charge in [-0.05, 0) is 32.9 Å². The molecule has 1 aromatic rings. The van der Waals surface area contributed by atoms with Gasteiger partial charge in [0.1, 0.15) is 16.2 Å². The Morgan fingerprint density at radius 2 is 1.74 bits per heavy atom. The van der Waals surface area contributed by atoms with Gasteiger partial charge in [-0.3, -0.25) is 9.59 Å². The van der Waals surface area contributed by atoms with Crippen molar-refractivity contribution in [3.8, 4) is 0 Å². The Morgan fingerprint density at radius 3 is 2.29 bits per heavy atom. The maximum absolute atomic E-state index is 13.5. The van der Waals surface area contributed by atoms with E-state index in [1.807, 2.05) is 0 Å². The molecule has 9 nitrogen and oxygen atoms in total. The molecule has 3 aliphatic heterocycles. The normalized spacial score (nSPS) is 29.7. The molecule has 2 bridgehead atoms. The minimum Gasteiger partial charge on any atom is -0.746 e. The predicted octanol–water partition coefficient (Wildman–Crippen LogP) is 1.79. The molecule has 6 unspecified atom stereocenters. The van der Waals surface area contributed by atoms with Crippen LogP contribution in [0.3, 0.4) is 0 Å². The van der Waals surface area contributed by atoms with Crippen molar-refractivity contribution in [1.82, 2.24) is 4.90 Å². The van der Waals surface area contributed by atoms with E-state index >= 15 is 0 Å². The minimum absolute atomic E-state index is 0. The van der Waals surface area contributed by atoms with Gasteiger partial charge >= 0.3 is 5.97 Å². The van der Waals surface area contributed by atoms with Crippen molar-refractivity contribution >= 4 is 39.7 Å². The smallest absolute Gasteiger partial charge is 0.338 e. The summed E-state index contributed by atoms with van der Waals surface area (Å²) in [6.07, 6.45) is -0.939. The third-order valence-electron chi connectivity index (χ3n) is 6.12. The molecule has 0 spiro atoms. The Kier molecular flexibility index (Phi) is 6.36. The van der Waals surface area contributed by atoms with Crippen molar-refractivity contribution in [2.45, 2.75) is 54.2 Å². The second-order valence-corrected chi connectivity index (χ2v) is 12.1. The summed E-state index contributed by atoms with van der Waals surface area (Å²) in [6, 6.07) is 7.53. The van der Waals surface area contributed by atoms with Gasteiger partial charge in [-0.25, -0.2) is 22.0 Å². The van der Waals surface area contributed by atoms with Crippen LogP contribution in [0.4, 0.5) is 8.78 Å². The number of alkyl halides is 2. The number of thioether (sulfide) groups is 1. The molecule has 0 aliphatic carbocycles. The first-order valence-corrected chi connectivity index (χ1v) is 12.6. The summed E-state index contributed by atoms with van der Waals surface area (Å²) in [5.41, 5.74) is -0.442. The van der Waals surface area contributed by atoms with Gasteiger partial charge < -0.3 is 18.9 Å². The van der Waals surface area contributed by atoms with Crippen LogP contribution in [0, 0.1) is 18.4 Å². The predicted molar refractivity (Wildman–Crippen MR) is 113 cm³/mol. The number of fused-ring (bicyclic) bond motifs is 1. The topological polar surface area (TPSA) is 130 Å². The number of amides is 1. The SMILES string of the molecule is CC(C)(C)N1C(=O)C2C3SC(C(OC(=O)c4ccccc4)C31)C2C(=O)O[CH-]C(F)(F)S(=O)(=O)[O-].[Rf]. The van der Waals surface area contributed by atoms with Crippen molar-refractivity contribution in [2.24, 2.45) is 11.8 Å². The molecular weight excluding hydrogens is 763 g/mol. The van der Waals surface area contributed by atoms with Crippen LogP contribution in [0.1, 0.15) is 31.1 Å². The quantitative estimate of drug-likeness (QED) is 0.241. The van der Waals surface area contributed by atoms with Crippen LogP contribution in [0.25, 0.3) is 0 Å². The van der Waals surface area contributed by atoms with Crippen LogP contribution in [0.15, 0.2) is 30.3 Å². The molecule has 0 aromatic heterocycles. The third-order valence-corrected chi connectivity index (χ3v) is 8.64. The summed E-state index contributed by atoms with van der Waals surface area (Å²) in [7, 11) is -6.10. The number of carbonyl (C=O) groups excluding carboxylic acids is 3. The van der Waals surface area contributed by atoms with Gasteiger partial charge in [0.15, 0.2) is 0 Å². The molecule has 4 rings (SSSR count). The van der Waals surface area contributed by atoms with E-state index in [0.29, 0.717) is 0 Å². The van der Waals surface area contributed by atoms with Crippen molar-refractivity contribution in [2.75, 3.05) is 0 Å². The maximum atomic E-state index is 13.5. The summed E-state index contributed by atoms with van der Waals surface area (Å²) in [6.45, 7) is 4.72. The average molecular weight is 785 g/mol. The number of likely N-dealkylation sites (tertiary alicyclic amines) is 1. The Hall–Kier alpha value is -3.25. The van der Waals surface area contributed by atoms with Crippen LogP contribution in [-0.4, -0.2) is 69.2 Å². The first kappa shape index (κ1) is 26.4. The number of hydrogen-bond acceptors (Lipinski definition) is 9. The van der Waals surface area contributed by atoms with E-state index in [0.717, 1.165) is 0 Å². The van der Waals surface area contributed by atoms with Gasteiger partial charge in [0.25, 0.3) is 11.2 Å². The van der Waals surface area contributed by atoms with Crippen molar-refractivity contribution in [3.05, 3.63) is 42.5 Å². The first-order chi connectivity index (χ1) is 15.6. The Bertz CT molecular complexity index is 1130. The third kappa shape index (κ3) is 4.20. The largest absolute Gasteiger partial charge is 0.746 e. The van der Waals surface area contributed by atoms with Gasteiger partial charge in [-0.1, -0.05) is 24.8 Å². The summed E-state index contributed by atoms with van der Waals surface area (Å²) in [5.74, 6) is -4.59. The maximum Gasteiger partial charge on any atom is 0.338 e. The van der Waals surface area contributed by atoms with Crippen molar-refractivity contribution in [1.29, 1.82) is 0 Å². The van der Waals surface area contributed by atoms with E-state index in [1.54, 1.807) is 56.0 Å². The average Bonchev–Trinajstić information content (AvgIpc) is 3.34. The summed E-state index contributed by atoms with van der Waals surface area (Å²) >= 11 is 1.23. The van der Waals surface area contributed by atoms with E-state index in [4.69, 9.17) is 4.74 Å². The van der Waals surface area contributed by atoms with Gasteiger partial charge in [-0.2, -0.15) is 0 Å². The molecule has 1 amide bonds. The monoisotopic (exact) mass is 784 g/mol. The van der Waals surface area contributed by atoms with Gasteiger partial charge in [0.05, 0.1) is 28.7 Å². The standard InChI is InChI=1S/C21H22F2NO8S2.Rf/c1-20(2,3)24-13-14(32-18(26)10-7-5-4-6-8-10)16-12(11(17(24)25)15(13)33-16)19(27)31-9-21(22,23)34(28,29)30;/h4-9,11-16H,1-3H3,(H,28,29,30);/q-1;/p-1. The van der Waals surface area contributed by atoms with Gasteiger partial charge in [-0.15, -0.1) is 11.8 Å². The fourth-order valence-electron chi connectivity index (χ4n) is 4.84. The van der Waals surface area contributed by atoms with E-state index in [2.05, 4.69) is 4.74 Å². The number of ether oxygens (including phenoxy) is 2. The molecule has 0 radical (unpaired) electrons. The number of rotatable bonds is 6. The van der Waals surface area contributed by atoms with Gasteiger partial charge in [0, 0.05) is 10.8 Å². The molecule has 3 aliphatic rings. The van der Waals surface area contributed by atoms with Gasteiger partial charge in [0.2, 0.25) is 5.91 Å². The van der Waals surface area contributed by atoms with Crippen molar-refractivity contribution in [3.63, 3.8) is 0 Å². The van der Waals surface area contributed by atoms with Crippen LogP contribution in [0.5, 0.6) is 0 Å². The van der Waals surface area contributed by atoms with Crippen LogP contribution >= 0.6 is 11.8 Å². The molecule has 3 heterocycles. The zero-order valence-corrected chi connectivity index (χ0v) is 27.0. The molecule has 3 saturated heterocycles. The van der Waals surface area contributed by atoms with E-state index < -0.39 is 79.8 Å². The minimum atomic E-state index is -6.10. The second-order valence-electron chi connectivity index (χ2n) is 9.29. The number of hydrogen-bond donors (Lipinski definition) is 0.